The lowest BCUT2D eigenvalue weighted by Crippen LogP contribution is -2.27. The number of benzene rings is 4. The Labute approximate surface area is 232 Å². The number of halogens is 4. The van der Waals surface area contributed by atoms with Crippen LogP contribution in [-0.4, -0.2) is 19.0 Å². The quantitative estimate of drug-likeness (QED) is 0.228. The minimum absolute atomic E-state index is 0.0237. The second kappa shape index (κ2) is 11.2. The smallest absolute Gasteiger partial charge is 0.416 e. The van der Waals surface area contributed by atoms with E-state index in [1.54, 1.807) is 24.3 Å². The molecular formula is C30H21ClF3NO3S. The molecule has 0 heterocycles. The molecule has 0 saturated carbocycles. The Hall–Kier alpha value is -3.75. The molecule has 4 aromatic rings. The number of amides is 1. The van der Waals surface area contributed by atoms with Gasteiger partial charge in [0.15, 0.2) is 6.29 Å². The molecule has 0 unspecified atom stereocenters. The van der Waals surface area contributed by atoms with Gasteiger partial charge in [-0.1, -0.05) is 90.1 Å². The number of nitrogens with one attached hydrogen (secondary N) is 1. The highest BCUT2D eigenvalue weighted by Crippen LogP contribution is 2.45. The van der Waals surface area contributed by atoms with E-state index in [-0.39, 0.29) is 28.0 Å². The molecule has 1 N–H and O–H groups in total. The summed E-state index contributed by atoms with van der Waals surface area (Å²) in [5.41, 5.74) is 3.33. The average molecular weight is 568 g/mol. The lowest BCUT2D eigenvalue weighted by molar-refractivity contribution is -0.138. The van der Waals surface area contributed by atoms with Crippen LogP contribution in [0, 0.1) is 0 Å². The highest BCUT2D eigenvalue weighted by Gasteiger charge is 2.35. The number of alkyl halides is 3. The second-order valence-corrected chi connectivity index (χ2v) is 10.3. The fourth-order valence-corrected chi connectivity index (χ4v) is 6.11. The van der Waals surface area contributed by atoms with Crippen molar-refractivity contribution in [1.29, 1.82) is 0 Å². The Bertz CT molecular complexity index is 1510. The van der Waals surface area contributed by atoms with Crippen molar-refractivity contribution in [2.24, 2.45) is 0 Å². The Kier molecular flexibility index (Phi) is 7.68. The van der Waals surface area contributed by atoms with E-state index in [4.69, 9.17) is 16.3 Å². The molecule has 4 nitrogen and oxygen atoms in total. The monoisotopic (exact) mass is 567 g/mol. The van der Waals surface area contributed by atoms with Crippen molar-refractivity contribution in [1.82, 2.24) is 5.32 Å². The van der Waals surface area contributed by atoms with Crippen LogP contribution in [0.2, 0.25) is 5.02 Å². The maximum Gasteiger partial charge on any atom is 0.416 e. The van der Waals surface area contributed by atoms with Gasteiger partial charge in [0.05, 0.1) is 10.6 Å². The van der Waals surface area contributed by atoms with E-state index in [2.05, 4.69) is 5.32 Å². The molecule has 1 aliphatic rings. The Balaban J connectivity index is 1.36. The van der Waals surface area contributed by atoms with E-state index < -0.39 is 24.4 Å². The van der Waals surface area contributed by atoms with Crippen molar-refractivity contribution in [3.8, 4) is 11.1 Å². The number of alkyl carbamates (subject to hydrolysis) is 1. The Morgan fingerprint density at radius 1 is 0.923 bits per heavy atom. The molecule has 198 valence electrons. The first kappa shape index (κ1) is 26.8. The molecule has 9 heteroatoms. The summed E-state index contributed by atoms with van der Waals surface area (Å²) >= 11 is 7.27. The maximum absolute atomic E-state index is 14.0. The van der Waals surface area contributed by atoms with Crippen LogP contribution in [-0.2, 0) is 17.5 Å². The average Bonchev–Trinajstić information content (AvgIpc) is 3.25. The molecular weight excluding hydrogens is 547 g/mol. The highest BCUT2D eigenvalue weighted by molar-refractivity contribution is 7.99. The number of hydrogen-bond donors (Lipinski definition) is 1. The second-order valence-electron chi connectivity index (χ2n) is 8.84. The van der Waals surface area contributed by atoms with Gasteiger partial charge in [-0.15, -0.1) is 0 Å². The normalized spacial score (nSPS) is 12.5. The summed E-state index contributed by atoms with van der Waals surface area (Å²) in [7, 11) is 0. The van der Waals surface area contributed by atoms with Crippen molar-refractivity contribution in [3.05, 3.63) is 118 Å². The van der Waals surface area contributed by atoms with Crippen molar-refractivity contribution >= 4 is 35.7 Å². The zero-order valence-electron chi connectivity index (χ0n) is 20.3. The third-order valence-corrected chi connectivity index (χ3v) is 8.22. The van der Waals surface area contributed by atoms with Crippen LogP contribution in [0.5, 0.6) is 0 Å². The molecule has 0 radical (unpaired) electrons. The molecule has 1 aliphatic carbocycles. The summed E-state index contributed by atoms with van der Waals surface area (Å²) in [5, 5.41) is 2.53. The minimum atomic E-state index is -4.69. The summed E-state index contributed by atoms with van der Waals surface area (Å²) in [6.45, 7) is -0.451. The lowest BCUT2D eigenvalue weighted by atomic mass is 9.98. The summed E-state index contributed by atoms with van der Waals surface area (Å²) in [6.07, 6.45) is -4.92. The first-order valence-corrected chi connectivity index (χ1v) is 13.2. The van der Waals surface area contributed by atoms with Crippen LogP contribution in [0.4, 0.5) is 18.0 Å². The van der Waals surface area contributed by atoms with Crippen molar-refractivity contribution < 1.29 is 27.5 Å². The van der Waals surface area contributed by atoms with Crippen molar-refractivity contribution in [2.45, 2.75) is 28.4 Å². The van der Waals surface area contributed by atoms with Gasteiger partial charge in [0, 0.05) is 27.8 Å². The summed E-state index contributed by atoms with van der Waals surface area (Å²) in [5.74, 6) is -0.189. The highest BCUT2D eigenvalue weighted by atomic mass is 35.5. The van der Waals surface area contributed by atoms with E-state index >= 15 is 0 Å². The summed E-state index contributed by atoms with van der Waals surface area (Å²) in [6, 6.07) is 24.2. The molecule has 39 heavy (non-hydrogen) atoms. The fraction of sp³-hybridized carbons (Fsp3) is 0.133. The van der Waals surface area contributed by atoms with Crippen LogP contribution in [0.15, 0.2) is 94.7 Å². The predicted octanol–water partition coefficient (Wildman–Crippen LogP) is 8.36. The SMILES string of the molecule is O=Cc1ccccc1Sc1c(Cl)ccc(C(F)(F)F)c1CNC(=O)OCC1c2ccccc2-c2ccccc21. The largest absolute Gasteiger partial charge is 0.449 e. The van der Waals surface area contributed by atoms with Gasteiger partial charge in [0.2, 0.25) is 0 Å². The Morgan fingerprint density at radius 2 is 1.54 bits per heavy atom. The number of rotatable bonds is 7. The molecule has 0 aliphatic heterocycles. The van der Waals surface area contributed by atoms with Gasteiger partial charge in [-0.3, -0.25) is 4.79 Å². The molecule has 0 fully saturated rings. The van der Waals surface area contributed by atoms with E-state index in [1.165, 1.54) is 0 Å². The number of fused-ring (bicyclic) bond motifs is 3. The number of carbonyl (C=O) groups is 2. The van der Waals surface area contributed by atoms with Gasteiger partial charge < -0.3 is 10.1 Å². The molecule has 5 rings (SSSR count). The number of ether oxygens (including phenoxy) is 1. The van der Waals surface area contributed by atoms with Gasteiger partial charge >= 0.3 is 12.3 Å². The predicted molar refractivity (Wildman–Crippen MR) is 144 cm³/mol. The minimum Gasteiger partial charge on any atom is -0.449 e. The van der Waals surface area contributed by atoms with E-state index in [1.807, 2.05) is 48.5 Å². The Morgan fingerprint density at radius 3 is 2.18 bits per heavy atom. The number of carbonyl (C=O) groups excluding carboxylic acids is 2. The maximum atomic E-state index is 14.0. The van der Waals surface area contributed by atoms with Crippen molar-refractivity contribution in [3.63, 3.8) is 0 Å². The molecule has 0 atom stereocenters. The van der Waals surface area contributed by atoms with Crippen LogP contribution < -0.4 is 5.32 Å². The van der Waals surface area contributed by atoms with Crippen LogP contribution in [0.3, 0.4) is 0 Å². The van der Waals surface area contributed by atoms with Gasteiger partial charge in [-0.2, -0.15) is 13.2 Å². The van der Waals surface area contributed by atoms with Crippen LogP contribution in [0.25, 0.3) is 11.1 Å². The van der Waals surface area contributed by atoms with Crippen molar-refractivity contribution in [2.75, 3.05) is 6.61 Å². The fourth-order valence-electron chi connectivity index (χ4n) is 4.74. The van der Waals surface area contributed by atoms with Gasteiger partial charge in [-0.05, 0) is 46.0 Å². The summed E-state index contributed by atoms with van der Waals surface area (Å²) in [4.78, 5) is 24.7. The molecule has 0 aromatic heterocycles. The van der Waals surface area contributed by atoms with Crippen LogP contribution in [0.1, 0.15) is 38.5 Å². The zero-order valence-corrected chi connectivity index (χ0v) is 21.9. The third-order valence-electron chi connectivity index (χ3n) is 6.53. The first-order valence-electron chi connectivity index (χ1n) is 12.0. The topological polar surface area (TPSA) is 55.4 Å². The standard InChI is InChI=1S/C30H21ClF3NO3S/c31-26-14-13-25(30(32,33)34)23(28(26)39-27-12-6-1-7-18(27)16-36)15-35-29(37)38-17-24-21-10-4-2-8-19(21)20-9-3-5-11-22(20)24/h1-14,16,24H,15,17H2,(H,35,37). The van der Waals surface area contributed by atoms with E-state index in [0.29, 0.717) is 16.7 Å². The summed E-state index contributed by atoms with van der Waals surface area (Å²) < 4.78 is 47.3. The van der Waals surface area contributed by atoms with Gasteiger partial charge in [-0.25, -0.2) is 4.79 Å². The lowest BCUT2D eigenvalue weighted by Gasteiger charge is -2.19. The molecule has 4 aromatic carbocycles. The number of aldehydes is 1. The number of hydrogen-bond acceptors (Lipinski definition) is 4. The first-order chi connectivity index (χ1) is 18.8. The zero-order chi connectivity index (χ0) is 27.6. The van der Waals surface area contributed by atoms with Crippen LogP contribution >= 0.6 is 23.4 Å². The van der Waals surface area contributed by atoms with Gasteiger partial charge in [0.25, 0.3) is 0 Å². The van der Waals surface area contributed by atoms with E-state index in [0.717, 1.165) is 46.1 Å². The molecule has 0 bridgehead atoms. The molecule has 1 amide bonds. The molecule has 0 saturated heterocycles. The van der Waals surface area contributed by atoms with E-state index in [9.17, 15) is 22.8 Å². The van der Waals surface area contributed by atoms with Gasteiger partial charge in [0.1, 0.15) is 6.61 Å². The molecule has 0 spiro atoms. The third kappa shape index (κ3) is 5.53.